The Labute approximate surface area is 83.8 Å². The Hall–Kier alpha value is 0.0800. The third kappa shape index (κ3) is 3.04. The minimum absolute atomic E-state index is 0.0685. The van der Waals surface area contributed by atoms with Crippen LogP contribution in [-0.4, -0.2) is 33.3 Å². The molecule has 0 saturated carbocycles. The molecule has 13 heavy (non-hydrogen) atoms. The molecule has 0 aliphatic carbocycles. The molecule has 0 aromatic heterocycles. The molecule has 0 atom stereocenters. The molecule has 0 fully saturated rings. The highest BCUT2D eigenvalue weighted by molar-refractivity contribution is 7.80. The molecule has 0 bridgehead atoms. The van der Waals surface area contributed by atoms with E-state index in [9.17, 15) is 0 Å². The summed E-state index contributed by atoms with van der Waals surface area (Å²) >= 11 is 0. The van der Waals surface area contributed by atoms with Crippen molar-refractivity contribution in [3.8, 4) is 0 Å². The topological polar surface area (TPSA) is 0 Å². The molecule has 0 saturated heterocycles. The van der Waals surface area contributed by atoms with E-state index < -0.39 is 7.26 Å². The summed E-state index contributed by atoms with van der Waals surface area (Å²) in [5.74, 6) is 0. The summed E-state index contributed by atoms with van der Waals surface area (Å²) in [6, 6.07) is 9.22. The van der Waals surface area contributed by atoms with E-state index in [0.29, 0.717) is 0 Å². The van der Waals surface area contributed by atoms with E-state index in [-0.39, 0.29) is 7.92 Å². The first kappa shape index (κ1) is 11.2. The SMILES string of the molecule is CP(C)c1ccc([P+](C)(C)C)cc1. The first-order chi connectivity index (χ1) is 5.91. The van der Waals surface area contributed by atoms with Crippen LogP contribution in [0.25, 0.3) is 0 Å². The Morgan fingerprint density at radius 2 is 1.38 bits per heavy atom. The maximum Gasteiger partial charge on any atom is 0.0931 e. The molecule has 0 aliphatic rings. The molecule has 0 N–H and O–H groups in total. The van der Waals surface area contributed by atoms with Crippen LogP contribution in [0.4, 0.5) is 0 Å². The van der Waals surface area contributed by atoms with Gasteiger partial charge < -0.3 is 0 Å². The Balaban J connectivity index is 2.94. The van der Waals surface area contributed by atoms with E-state index in [1.165, 1.54) is 10.6 Å². The van der Waals surface area contributed by atoms with Crippen LogP contribution in [0.1, 0.15) is 0 Å². The second-order valence-electron chi connectivity index (χ2n) is 4.42. The van der Waals surface area contributed by atoms with Crippen LogP contribution in [0.3, 0.4) is 0 Å². The van der Waals surface area contributed by atoms with Gasteiger partial charge in [0, 0.05) is 7.26 Å². The van der Waals surface area contributed by atoms with Gasteiger partial charge in [0.1, 0.15) is 0 Å². The maximum atomic E-state index is 2.36. The Morgan fingerprint density at radius 1 is 0.923 bits per heavy atom. The Kier molecular flexibility index (Phi) is 3.50. The van der Waals surface area contributed by atoms with Crippen LogP contribution in [0, 0.1) is 0 Å². The summed E-state index contributed by atoms with van der Waals surface area (Å²) in [6.45, 7) is 11.7. The van der Waals surface area contributed by atoms with Crippen LogP contribution in [0.2, 0.25) is 0 Å². The summed E-state index contributed by atoms with van der Waals surface area (Å²) in [5.41, 5.74) is 0. The number of hydrogen-bond acceptors (Lipinski definition) is 0. The summed E-state index contributed by atoms with van der Waals surface area (Å²) in [7, 11) is -0.742. The Bertz CT molecular complexity index is 267. The first-order valence-corrected chi connectivity index (χ1v) is 9.87. The molecule has 0 nitrogen and oxygen atoms in total. The highest BCUT2D eigenvalue weighted by Crippen LogP contribution is 2.44. The Morgan fingerprint density at radius 3 is 1.69 bits per heavy atom. The van der Waals surface area contributed by atoms with E-state index in [0.717, 1.165) is 0 Å². The monoisotopic (exact) mass is 213 g/mol. The summed E-state index contributed by atoms with van der Waals surface area (Å²) < 4.78 is 0. The van der Waals surface area contributed by atoms with Gasteiger partial charge >= 0.3 is 0 Å². The minimum atomic E-state index is -0.811. The fraction of sp³-hybridized carbons (Fsp3) is 0.455. The maximum absolute atomic E-state index is 2.36. The summed E-state index contributed by atoms with van der Waals surface area (Å²) in [4.78, 5) is 0. The molecule has 0 heterocycles. The molecule has 0 amide bonds. The highest BCUT2D eigenvalue weighted by atomic mass is 31.2. The first-order valence-electron chi connectivity index (χ1n) is 4.50. The molecule has 2 heteroatoms. The molecular formula is C11H19P2+. The predicted molar refractivity (Wildman–Crippen MR) is 69.2 cm³/mol. The molecule has 0 unspecified atom stereocenters. The van der Waals surface area contributed by atoms with E-state index in [1.54, 1.807) is 0 Å². The largest absolute Gasteiger partial charge is 0.0931 e. The number of rotatable bonds is 2. The zero-order valence-corrected chi connectivity index (χ0v) is 11.0. The van der Waals surface area contributed by atoms with Crippen LogP contribution in [-0.2, 0) is 0 Å². The lowest BCUT2D eigenvalue weighted by molar-refractivity contribution is 1.80. The van der Waals surface area contributed by atoms with Gasteiger partial charge in [-0.25, -0.2) is 0 Å². The third-order valence-corrected chi connectivity index (χ3v) is 5.32. The van der Waals surface area contributed by atoms with Crippen molar-refractivity contribution in [1.29, 1.82) is 0 Å². The van der Waals surface area contributed by atoms with Crippen molar-refractivity contribution in [3.63, 3.8) is 0 Å². The molecular weight excluding hydrogens is 194 g/mol. The molecule has 0 radical (unpaired) electrons. The van der Waals surface area contributed by atoms with Gasteiger partial charge in [0.2, 0.25) is 0 Å². The quantitative estimate of drug-likeness (QED) is 0.662. The van der Waals surface area contributed by atoms with Gasteiger partial charge in [-0.15, -0.1) is 0 Å². The fourth-order valence-corrected chi connectivity index (χ4v) is 2.99. The molecule has 1 aromatic rings. The lowest BCUT2D eigenvalue weighted by Crippen LogP contribution is -2.10. The standard InChI is InChI=1S/C11H19P2/c1-12(2)10-6-8-11(9-7-10)13(3,4)5/h6-9H,1-5H3/q+1. The minimum Gasteiger partial charge on any atom is -0.0817 e. The van der Waals surface area contributed by atoms with Gasteiger partial charge in [-0.2, -0.15) is 0 Å². The van der Waals surface area contributed by atoms with Gasteiger partial charge in [0.25, 0.3) is 0 Å². The van der Waals surface area contributed by atoms with Crippen LogP contribution in [0.15, 0.2) is 24.3 Å². The molecule has 0 spiro atoms. The van der Waals surface area contributed by atoms with Crippen LogP contribution >= 0.6 is 15.2 Å². The molecule has 72 valence electrons. The second-order valence-corrected chi connectivity index (χ2v) is 11.3. The van der Waals surface area contributed by atoms with Crippen molar-refractivity contribution in [1.82, 2.24) is 0 Å². The number of hydrogen-bond donors (Lipinski definition) is 0. The van der Waals surface area contributed by atoms with E-state index in [1.807, 2.05) is 0 Å². The van der Waals surface area contributed by atoms with E-state index in [2.05, 4.69) is 57.6 Å². The van der Waals surface area contributed by atoms with Crippen molar-refractivity contribution in [2.75, 3.05) is 33.3 Å². The van der Waals surface area contributed by atoms with E-state index >= 15 is 0 Å². The average molecular weight is 213 g/mol. The van der Waals surface area contributed by atoms with Gasteiger partial charge in [-0.1, -0.05) is 20.1 Å². The van der Waals surface area contributed by atoms with Gasteiger partial charge in [0.05, 0.1) is 25.3 Å². The number of benzene rings is 1. The van der Waals surface area contributed by atoms with Crippen LogP contribution in [0.5, 0.6) is 0 Å². The lowest BCUT2D eigenvalue weighted by Gasteiger charge is -2.13. The predicted octanol–water partition coefficient (Wildman–Crippen LogP) is 2.59. The lowest BCUT2D eigenvalue weighted by atomic mass is 10.4. The van der Waals surface area contributed by atoms with Crippen LogP contribution < -0.4 is 10.6 Å². The van der Waals surface area contributed by atoms with Crippen molar-refractivity contribution in [2.45, 2.75) is 0 Å². The molecule has 1 rings (SSSR count). The van der Waals surface area contributed by atoms with Gasteiger partial charge in [-0.05, 0) is 30.8 Å². The van der Waals surface area contributed by atoms with E-state index in [4.69, 9.17) is 0 Å². The van der Waals surface area contributed by atoms with Gasteiger partial charge in [-0.3, -0.25) is 0 Å². The zero-order chi connectivity index (χ0) is 10.1. The van der Waals surface area contributed by atoms with Crippen molar-refractivity contribution >= 4 is 25.8 Å². The summed E-state index contributed by atoms with van der Waals surface area (Å²) in [5, 5.41) is 3.04. The highest BCUT2D eigenvalue weighted by Gasteiger charge is 2.20. The van der Waals surface area contributed by atoms with Crippen molar-refractivity contribution in [3.05, 3.63) is 24.3 Å². The van der Waals surface area contributed by atoms with Crippen molar-refractivity contribution < 1.29 is 0 Å². The van der Waals surface area contributed by atoms with Gasteiger partial charge in [0.15, 0.2) is 0 Å². The molecule has 1 aromatic carbocycles. The smallest absolute Gasteiger partial charge is 0.0817 e. The van der Waals surface area contributed by atoms with Crippen molar-refractivity contribution in [2.24, 2.45) is 0 Å². The fourth-order valence-electron chi connectivity index (χ4n) is 1.20. The zero-order valence-electron chi connectivity index (χ0n) is 9.20. The average Bonchev–Trinajstić information content (AvgIpc) is 2.03. The second kappa shape index (κ2) is 4.07. The summed E-state index contributed by atoms with van der Waals surface area (Å²) in [6.07, 6.45) is 0. The third-order valence-electron chi connectivity index (χ3n) is 2.14. The normalized spacial score (nSPS) is 12.2. The molecule has 0 aliphatic heterocycles.